The average molecular weight is 360 g/mol. The van der Waals surface area contributed by atoms with Crippen LogP contribution >= 0.6 is 0 Å². The van der Waals surface area contributed by atoms with E-state index in [0.717, 1.165) is 5.56 Å². The molecule has 1 N–H and O–H groups in total. The van der Waals surface area contributed by atoms with Crippen molar-refractivity contribution in [3.05, 3.63) is 53.6 Å². The standard InChI is InChI=1S/C18H20N2O4S/c1-13-8-9-14(20-10-5-11-25(20,22)23)12-16(13)19-18(21)15-6-3-4-7-17(15)24-2/h3-4,6-9,12H,5,10-11H2,1-2H3,(H,19,21). The van der Waals surface area contributed by atoms with Crippen molar-refractivity contribution >= 4 is 27.3 Å². The van der Waals surface area contributed by atoms with E-state index in [2.05, 4.69) is 5.32 Å². The lowest BCUT2D eigenvalue weighted by molar-refractivity contribution is 0.102. The van der Waals surface area contributed by atoms with Gasteiger partial charge in [0.05, 0.1) is 24.1 Å². The lowest BCUT2D eigenvalue weighted by atomic mass is 10.1. The molecular weight excluding hydrogens is 340 g/mol. The summed E-state index contributed by atoms with van der Waals surface area (Å²) in [5, 5.41) is 2.85. The third-order valence-corrected chi connectivity index (χ3v) is 6.08. The van der Waals surface area contributed by atoms with Crippen molar-refractivity contribution in [1.29, 1.82) is 0 Å². The molecular formula is C18H20N2O4S. The monoisotopic (exact) mass is 360 g/mol. The van der Waals surface area contributed by atoms with Gasteiger partial charge in [-0.3, -0.25) is 9.10 Å². The van der Waals surface area contributed by atoms with E-state index in [1.54, 1.807) is 42.5 Å². The second kappa shape index (κ2) is 6.76. The third kappa shape index (κ3) is 3.46. The first-order valence-electron chi connectivity index (χ1n) is 7.98. The largest absolute Gasteiger partial charge is 0.496 e. The lowest BCUT2D eigenvalue weighted by Crippen LogP contribution is -2.25. The Morgan fingerprint density at radius 1 is 1.20 bits per heavy atom. The number of amides is 1. The van der Waals surface area contributed by atoms with Gasteiger partial charge in [0, 0.05) is 12.2 Å². The molecule has 2 aromatic carbocycles. The van der Waals surface area contributed by atoms with Crippen LogP contribution in [0.15, 0.2) is 42.5 Å². The van der Waals surface area contributed by atoms with Crippen molar-refractivity contribution < 1.29 is 17.9 Å². The van der Waals surface area contributed by atoms with Crippen LogP contribution in [0.2, 0.25) is 0 Å². The molecule has 2 aromatic rings. The van der Waals surface area contributed by atoms with Crippen molar-refractivity contribution in [2.75, 3.05) is 29.0 Å². The predicted molar refractivity (Wildman–Crippen MR) is 97.9 cm³/mol. The van der Waals surface area contributed by atoms with Gasteiger partial charge in [-0.05, 0) is 43.2 Å². The molecule has 3 rings (SSSR count). The van der Waals surface area contributed by atoms with Crippen LogP contribution in [0.4, 0.5) is 11.4 Å². The van der Waals surface area contributed by atoms with E-state index in [9.17, 15) is 13.2 Å². The number of nitrogens with zero attached hydrogens (tertiary/aromatic N) is 1. The van der Waals surface area contributed by atoms with E-state index in [1.165, 1.54) is 11.4 Å². The second-order valence-electron chi connectivity index (χ2n) is 5.90. The Hall–Kier alpha value is -2.54. The summed E-state index contributed by atoms with van der Waals surface area (Å²) in [4.78, 5) is 12.6. The second-order valence-corrected chi connectivity index (χ2v) is 7.91. The molecule has 132 valence electrons. The van der Waals surface area contributed by atoms with Crippen LogP contribution in [0, 0.1) is 6.92 Å². The number of benzene rings is 2. The molecule has 0 radical (unpaired) electrons. The lowest BCUT2D eigenvalue weighted by Gasteiger charge is -2.19. The first kappa shape index (κ1) is 17.3. The number of carbonyl (C=O) groups excluding carboxylic acids is 1. The highest BCUT2D eigenvalue weighted by Crippen LogP contribution is 2.29. The molecule has 0 aliphatic carbocycles. The topological polar surface area (TPSA) is 75.7 Å². The zero-order chi connectivity index (χ0) is 18.0. The molecule has 0 spiro atoms. The normalized spacial score (nSPS) is 15.8. The van der Waals surface area contributed by atoms with Crippen LogP contribution in [0.5, 0.6) is 5.75 Å². The molecule has 0 bridgehead atoms. The van der Waals surface area contributed by atoms with Crippen LogP contribution in [-0.4, -0.2) is 33.7 Å². The molecule has 1 fully saturated rings. The van der Waals surface area contributed by atoms with E-state index < -0.39 is 10.0 Å². The average Bonchev–Trinajstić information content (AvgIpc) is 2.96. The Labute approximate surface area is 147 Å². The molecule has 0 saturated carbocycles. The van der Waals surface area contributed by atoms with Crippen LogP contribution in [0.1, 0.15) is 22.3 Å². The van der Waals surface area contributed by atoms with E-state index in [1.807, 2.05) is 6.92 Å². The molecule has 6 nitrogen and oxygen atoms in total. The van der Waals surface area contributed by atoms with Gasteiger partial charge in [-0.25, -0.2) is 8.42 Å². The molecule has 0 atom stereocenters. The summed E-state index contributed by atoms with van der Waals surface area (Å²) in [6.07, 6.45) is 0.610. The SMILES string of the molecule is COc1ccccc1C(=O)Nc1cc(N2CCCS2(=O)=O)ccc1C. The summed E-state index contributed by atoms with van der Waals surface area (Å²) >= 11 is 0. The van der Waals surface area contributed by atoms with Crippen LogP contribution < -0.4 is 14.4 Å². The highest BCUT2D eigenvalue weighted by atomic mass is 32.2. The minimum Gasteiger partial charge on any atom is -0.496 e. The summed E-state index contributed by atoms with van der Waals surface area (Å²) in [6, 6.07) is 12.2. The highest BCUT2D eigenvalue weighted by molar-refractivity contribution is 7.93. The number of anilines is 2. The number of hydrogen-bond acceptors (Lipinski definition) is 4. The Bertz CT molecular complexity index is 909. The van der Waals surface area contributed by atoms with Gasteiger partial charge >= 0.3 is 0 Å². The van der Waals surface area contributed by atoms with Gasteiger partial charge in [0.2, 0.25) is 10.0 Å². The van der Waals surface area contributed by atoms with Gasteiger partial charge in [0.15, 0.2) is 0 Å². The molecule has 7 heteroatoms. The number of aryl methyl sites for hydroxylation is 1. The first-order valence-corrected chi connectivity index (χ1v) is 9.59. The van der Waals surface area contributed by atoms with Crippen LogP contribution in [0.3, 0.4) is 0 Å². The molecule has 25 heavy (non-hydrogen) atoms. The number of ether oxygens (including phenoxy) is 1. The zero-order valence-electron chi connectivity index (χ0n) is 14.2. The smallest absolute Gasteiger partial charge is 0.259 e. The van der Waals surface area contributed by atoms with Gasteiger partial charge in [-0.2, -0.15) is 0 Å². The maximum absolute atomic E-state index is 12.6. The Kier molecular flexibility index (Phi) is 4.67. The van der Waals surface area contributed by atoms with E-state index in [4.69, 9.17) is 4.74 Å². The number of carbonyl (C=O) groups is 1. The van der Waals surface area contributed by atoms with E-state index in [-0.39, 0.29) is 11.7 Å². The summed E-state index contributed by atoms with van der Waals surface area (Å²) in [5.74, 6) is 0.335. The number of para-hydroxylation sites is 1. The quantitative estimate of drug-likeness (QED) is 0.910. The fraction of sp³-hybridized carbons (Fsp3) is 0.278. The Balaban J connectivity index is 1.90. The van der Waals surface area contributed by atoms with E-state index >= 15 is 0 Å². The fourth-order valence-corrected chi connectivity index (χ4v) is 4.41. The van der Waals surface area contributed by atoms with Gasteiger partial charge in [0.1, 0.15) is 5.75 Å². The van der Waals surface area contributed by atoms with Crippen molar-refractivity contribution in [1.82, 2.24) is 0 Å². The Morgan fingerprint density at radius 2 is 1.96 bits per heavy atom. The first-order chi connectivity index (χ1) is 11.9. The summed E-state index contributed by atoms with van der Waals surface area (Å²) in [6.45, 7) is 2.32. The summed E-state index contributed by atoms with van der Waals surface area (Å²) in [7, 11) is -1.75. The molecule has 1 saturated heterocycles. The Morgan fingerprint density at radius 3 is 2.64 bits per heavy atom. The number of hydrogen-bond donors (Lipinski definition) is 1. The maximum Gasteiger partial charge on any atom is 0.259 e. The molecule has 1 heterocycles. The van der Waals surface area contributed by atoms with Crippen molar-refractivity contribution in [2.24, 2.45) is 0 Å². The zero-order valence-corrected chi connectivity index (χ0v) is 15.0. The molecule has 1 amide bonds. The van der Waals surface area contributed by atoms with Crippen molar-refractivity contribution in [2.45, 2.75) is 13.3 Å². The number of methoxy groups -OCH3 is 1. The molecule has 0 unspecified atom stereocenters. The molecule has 1 aliphatic rings. The summed E-state index contributed by atoms with van der Waals surface area (Å²) < 4.78 is 30.8. The van der Waals surface area contributed by atoms with Gasteiger partial charge < -0.3 is 10.1 Å². The van der Waals surface area contributed by atoms with Crippen LogP contribution in [-0.2, 0) is 10.0 Å². The molecule has 1 aliphatic heterocycles. The van der Waals surface area contributed by atoms with Gasteiger partial charge in [-0.1, -0.05) is 18.2 Å². The maximum atomic E-state index is 12.6. The highest BCUT2D eigenvalue weighted by Gasteiger charge is 2.28. The van der Waals surface area contributed by atoms with Crippen molar-refractivity contribution in [3.63, 3.8) is 0 Å². The van der Waals surface area contributed by atoms with E-state index in [0.29, 0.717) is 35.7 Å². The number of rotatable bonds is 4. The predicted octanol–water partition coefficient (Wildman–Crippen LogP) is 2.80. The fourth-order valence-electron chi connectivity index (χ4n) is 2.85. The van der Waals surface area contributed by atoms with Gasteiger partial charge in [0.25, 0.3) is 5.91 Å². The minimum atomic E-state index is -3.26. The number of sulfonamides is 1. The van der Waals surface area contributed by atoms with Crippen LogP contribution in [0.25, 0.3) is 0 Å². The minimum absolute atomic E-state index is 0.157. The third-order valence-electron chi connectivity index (χ3n) is 4.21. The van der Waals surface area contributed by atoms with Gasteiger partial charge in [-0.15, -0.1) is 0 Å². The van der Waals surface area contributed by atoms with Crippen molar-refractivity contribution in [3.8, 4) is 5.75 Å². The summed E-state index contributed by atoms with van der Waals surface area (Å²) in [5.41, 5.74) is 2.42. The molecule has 0 aromatic heterocycles. The number of nitrogens with one attached hydrogen (secondary N) is 1.